The Morgan fingerprint density at radius 3 is 2.81 bits per heavy atom. The van der Waals surface area contributed by atoms with Crippen LogP contribution in [0, 0.1) is 6.57 Å². The van der Waals surface area contributed by atoms with Crippen LogP contribution in [0.5, 0.6) is 11.5 Å². The molecule has 0 saturated carbocycles. The summed E-state index contributed by atoms with van der Waals surface area (Å²) in [5.41, 5.74) is 0.595. The first-order valence-electron chi connectivity index (χ1n) is 5.05. The Morgan fingerprint density at radius 1 is 1.50 bits per heavy atom. The molecule has 0 heterocycles. The van der Waals surface area contributed by atoms with Crippen LogP contribution in [0.3, 0.4) is 0 Å². The van der Waals surface area contributed by atoms with E-state index in [1.807, 2.05) is 6.92 Å². The summed E-state index contributed by atoms with van der Waals surface area (Å²) in [6.45, 7) is 9.11. The molecular formula is C12H15NO3. The molecule has 0 bridgehead atoms. The van der Waals surface area contributed by atoms with Crippen LogP contribution in [-0.4, -0.2) is 25.4 Å². The summed E-state index contributed by atoms with van der Waals surface area (Å²) in [7, 11) is 1.54. The third-order valence-corrected chi connectivity index (χ3v) is 2.14. The van der Waals surface area contributed by atoms with Gasteiger partial charge in [-0.25, -0.2) is 6.57 Å². The lowest BCUT2D eigenvalue weighted by molar-refractivity contribution is 0.186. The minimum absolute atomic E-state index is 0.0211. The summed E-state index contributed by atoms with van der Waals surface area (Å²) in [6, 6.07) is 5.27. The fourth-order valence-electron chi connectivity index (χ4n) is 1.44. The van der Waals surface area contributed by atoms with E-state index < -0.39 is 6.10 Å². The molecule has 0 aliphatic heterocycles. The molecule has 0 aromatic heterocycles. The molecule has 16 heavy (non-hydrogen) atoms. The molecule has 4 nitrogen and oxygen atoms in total. The summed E-state index contributed by atoms with van der Waals surface area (Å²) in [5.74, 6) is 1.09. The van der Waals surface area contributed by atoms with Crippen molar-refractivity contribution in [3.05, 3.63) is 35.2 Å². The number of methoxy groups -OCH3 is 1. The maximum absolute atomic E-state index is 9.80. The average Bonchev–Trinajstić information content (AvgIpc) is 2.30. The number of hydrogen-bond acceptors (Lipinski definition) is 3. The van der Waals surface area contributed by atoms with Crippen molar-refractivity contribution >= 4 is 0 Å². The quantitative estimate of drug-likeness (QED) is 0.774. The van der Waals surface area contributed by atoms with E-state index in [1.54, 1.807) is 25.3 Å². The molecule has 1 N–H and O–H groups in total. The number of aliphatic hydroxyl groups excluding tert-OH is 1. The van der Waals surface area contributed by atoms with Gasteiger partial charge in [-0.1, -0.05) is 12.1 Å². The monoisotopic (exact) mass is 221 g/mol. The first-order valence-corrected chi connectivity index (χ1v) is 5.05. The van der Waals surface area contributed by atoms with Crippen LogP contribution in [0.15, 0.2) is 18.2 Å². The number of para-hydroxylation sites is 1. The Bertz CT molecular complexity index is 384. The van der Waals surface area contributed by atoms with Gasteiger partial charge in [-0.2, -0.15) is 0 Å². The highest BCUT2D eigenvalue weighted by Crippen LogP contribution is 2.34. The van der Waals surface area contributed by atoms with Crippen molar-refractivity contribution in [1.29, 1.82) is 0 Å². The smallest absolute Gasteiger partial charge is 0.244 e. The van der Waals surface area contributed by atoms with Crippen LogP contribution < -0.4 is 9.47 Å². The van der Waals surface area contributed by atoms with E-state index >= 15 is 0 Å². The van der Waals surface area contributed by atoms with E-state index in [2.05, 4.69) is 4.85 Å². The first kappa shape index (κ1) is 12.3. The van der Waals surface area contributed by atoms with E-state index in [4.69, 9.17) is 16.0 Å². The molecule has 1 unspecified atom stereocenters. The number of ether oxygens (including phenoxy) is 2. The Kier molecular flexibility index (Phi) is 4.62. The third-order valence-electron chi connectivity index (χ3n) is 2.14. The fraction of sp³-hybridized carbons (Fsp3) is 0.417. The fourth-order valence-corrected chi connectivity index (χ4v) is 1.44. The molecule has 0 saturated heterocycles. The van der Waals surface area contributed by atoms with E-state index in [0.717, 1.165) is 0 Å². The molecule has 4 heteroatoms. The van der Waals surface area contributed by atoms with E-state index in [-0.39, 0.29) is 6.54 Å². The van der Waals surface area contributed by atoms with Crippen molar-refractivity contribution < 1.29 is 14.6 Å². The van der Waals surface area contributed by atoms with Gasteiger partial charge in [0.05, 0.1) is 13.7 Å². The van der Waals surface area contributed by atoms with Crippen molar-refractivity contribution in [3.63, 3.8) is 0 Å². The lowest BCUT2D eigenvalue weighted by Gasteiger charge is -2.15. The van der Waals surface area contributed by atoms with E-state index in [1.165, 1.54) is 0 Å². The Morgan fingerprint density at radius 2 is 2.25 bits per heavy atom. The van der Waals surface area contributed by atoms with Crippen molar-refractivity contribution in [2.75, 3.05) is 20.3 Å². The molecule has 86 valence electrons. The predicted octanol–water partition coefficient (Wildman–Crippen LogP) is 2.05. The number of hydrogen-bond donors (Lipinski definition) is 1. The van der Waals surface area contributed by atoms with Gasteiger partial charge in [-0.05, 0) is 13.0 Å². The molecule has 1 rings (SSSR count). The van der Waals surface area contributed by atoms with Gasteiger partial charge in [0, 0.05) is 5.56 Å². The highest BCUT2D eigenvalue weighted by atomic mass is 16.5. The van der Waals surface area contributed by atoms with Crippen LogP contribution >= 0.6 is 0 Å². The number of benzene rings is 1. The van der Waals surface area contributed by atoms with Crippen LogP contribution in [0.2, 0.25) is 0 Å². The summed E-state index contributed by atoms with van der Waals surface area (Å²) < 4.78 is 10.6. The first-order chi connectivity index (χ1) is 7.74. The minimum Gasteiger partial charge on any atom is -0.493 e. The molecule has 0 spiro atoms. The second-order valence-corrected chi connectivity index (χ2v) is 3.17. The zero-order chi connectivity index (χ0) is 12.0. The normalized spacial score (nSPS) is 11.6. The van der Waals surface area contributed by atoms with Crippen molar-refractivity contribution in [2.45, 2.75) is 13.0 Å². The van der Waals surface area contributed by atoms with Gasteiger partial charge in [-0.15, -0.1) is 0 Å². The van der Waals surface area contributed by atoms with Crippen molar-refractivity contribution in [2.24, 2.45) is 0 Å². The van der Waals surface area contributed by atoms with Gasteiger partial charge < -0.3 is 19.4 Å². The molecule has 1 atom stereocenters. The number of nitrogens with zero attached hydrogens (tertiary/aromatic N) is 1. The van der Waals surface area contributed by atoms with Gasteiger partial charge in [0.1, 0.15) is 0 Å². The van der Waals surface area contributed by atoms with E-state index in [0.29, 0.717) is 23.7 Å². The van der Waals surface area contributed by atoms with Crippen LogP contribution in [0.25, 0.3) is 4.85 Å². The average molecular weight is 221 g/mol. The molecular weight excluding hydrogens is 206 g/mol. The van der Waals surface area contributed by atoms with Crippen molar-refractivity contribution in [1.82, 2.24) is 0 Å². The Balaban J connectivity index is 3.11. The van der Waals surface area contributed by atoms with Crippen LogP contribution in [-0.2, 0) is 0 Å². The summed E-state index contributed by atoms with van der Waals surface area (Å²) in [5, 5.41) is 9.80. The van der Waals surface area contributed by atoms with Crippen LogP contribution in [0.4, 0.5) is 0 Å². The maximum Gasteiger partial charge on any atom is 0.244 e. The summed E-state index contributed by atoms with van der Waals surface area (Å²) >= 11 is 0. The summed E-state index contributed by atoms with van der Waals surface area (Å²) in [4.78, 5) is 3.17. The molecule has 1 aromatic carbocycles. The van der Waals surface area contributed by atoms with Gasteiger partial charge in [0.25, 0.3) is 0 Å². The maximum atomic E-state index is 9.80. The zero-order valence-corrected chi connectivity index (χ0v) is 9.43. The molecule has 0 radical (unpaired) electrons. The van der Waals surface area contributed by atoms with Gasteiger partial charge in [0.15, 0.2) is 17.6 Å². The lowest BCUT2D eigenvalue weighted by atomic mass is 10.1. The third kappa shape index (κ3) is 2.65. The SMILES string of the molecule is [C-]#[N+]CC(O)c1cccc(OC)c1OCC. The molecule has 0 fully saturated rings. The number of rotatable bonds is 5. The lowest BCUT2D eigenvalue weighted by Crippen LogP contribution is -2.06. The predicted molar refractivity (Wildman–Crippen MR) is 60.6 cm³/mol. The largest absolute Gasteiger partial charge is 0.493 e. The zero-order valence-electron chi connectivity index (χ0n) is 9.43. The Hall–Kier alpha value is -1.73. The Labute approximate surface area is 95.2 Å². The highest BCUT2D eigenvalue weighted by Gasteiger charge is 2.19. The van der Waals surface area contributed by atoms with E-state index in [9.17, 15) is 5.11 Å². The molecule has 1 aromatic rings. The van der Waals surface area contributed by atoms with Gasteiger partial charge >= 0.3 is 0 Å². The molecule has 0 aliphatic rings. The van der Waals surface area contributed by atoms with Gasteiger partial charge in [-0.3, -0.25) is 0 Å². The summed E-state index contributed by atoms with van der Waals surface area (Å²) in [6.07, 6.45) is -0.839. The number of aliphatic hydroxyl groups is 1. The molecule has 0 amide bonds. The minimum atomic E-state index is -0.839. The van der Waals surface area contributed by atoms with Crippen molar-refractivity contribution in [3.8, 4) is 11.5 Å². The standard InChI is InChI=1S/C12H15NO3/c1-4-16-12-9(10(14)8-13-2)6-5-7-11(12)15-3/h5-7,10,14H,4,8H2,1,3H3. The second-order valence-electron chi connectivity index (χ2n) is 3.17. The topological polar surface area (TPSA) is 43.0 Å². The highest BCUT2D eigenvalue weighted by molar-refractivity contribution is 5.47. The van der Waals surface area contributed by atoms with Gasteiger partial charge in [0.2, 0.25) is 6.54 Å². The molecule has 0 aliphatic carbocycles. The second kappa shape index (κ2) is 5.99. The van der Waals surface area contributed by atoms with Crippen LogP contribution in [0.1, 0.15) is 18.6 Å².